The highest BCUT2D eigenvalue weighted by Crippen LogP contribution is 2.35. The van der Waals surface area contributed by atoms with Gasteiger partial charge in [-0.05, 0) is 36.4 Å². The molecule has 1 amide bonds. The number of H-pyrrole nitrogens is 1. The maximum atomic E-state index is 12.9. The Labute approximate surface area is 177 Å². The van der Waals surface area contributed by atoms with E-state index in [1.165, 1.54) is 17.3 Å². The highest BCUT2D eigenvalue weighted by Gasteiger charge is 2.30. The molecule has 0 fully saturated rings. The lowest BCUT2D eigenvalue weighted by atomic mass is 9.87. The van der Waals surface area contributed by atoms with Crippen molar-refractivity contribution in [2.45, 2.75) is 35.1 Å². The van der Waals surface area contributed by atoms with Gasteiger partial charge in [0.2, 0.25) is 5.91 Å². The van der Waals surface area contributed by atoms with E-state index in [0.29, 0.717) is 22.3 Å². The second kappa shape index (κ2) is 8.47. The summed E-state index contributed by atoms with van der Waals surface area (Å²) in [6, 6.07) is 16.2. The fraction of sp³-hybridized carbons (Fsp3) is 0.227. The predicted molar refractivity (Wildman–Crippen MR) is 119 cm³/mol. The van der Waals surface area contributed by atoms with E-state index >= 15 is 0 Å². The van der Waals surface area contributed by atoms with E-state index in [1.807, 2.05) is 42.7 Å². The summed E-state index contributed by atoms with van der Waals surface area (Å²) in [7, 11) is 0. The van der Waals surface area contributed by atoms with E-state index in [4.69, 9.17) is 0 Å². The molecule has 1 unspecified atom stereocenters. The number of fused-ring (bicyclic) bond motifs is 1. The zero-order chi connectivity index (χ0) is 20.4. The average Bonchev–Trinajstić information content (AvgIpc) is 2.71. The van der Waals surface area contributed by atoms with E-state index in [-0.39, 0.29) is 23.8 Å². The minimum absolute atomic E-state index is 0.121. The largest absolute Gasteiger partial charge is 0.310 e. The molecule has 0 saturated carbocycles. The van der Waals surface area contributed by atoms with Crippen LogP contribution in [0.5, 0.6) is 0 Å². The summed E-state index contributed by atoms with van der Waals surface area (Å²) < 4.78 is 0. The predicted octanol–water partition coefficient (Wildman–Crippen LogP) is 4.57. The molecule has 7 heteroatoms. The van der Waals surface area contributed by atoms with Gasteiger partial charge in [0.15, 0.2) is 5.16 Å². The molecule has 4 rings (SSSR count). The molecule has 29 heavy (non-hydrogen) atoms. The zero-order valence-electron chi connectivity index (χ0n) is 16.2. The third-order valence-electron chi connectivity index (χ3n) is 4.91. The Balaban J connectivity index is 1.63. The van der Waals surface area contributed by atoms with Gasteiger partial charge in [-0.25, -0.2) is 4.98 Å². The number of nitrogens with one attached hydrogen (secondary N) is 2. The molecule has 0 spiro atoms. The fourth-order valence-corrected chi connectivity index (χ4v) is 4.71. The Morgan fingerprint density at radius 2 is 1.93 bits per heavy atom. The average molecular weight is 424 g/mol. The quantitative estimate of drug-likeness (QED) is 0.465. The number of hydrogen-bond acceptors (Lipinski definition) is 5. The van der Waals surface area contributed by atoms with E-state index in [0.717, 1.165) is 16.0 Å². The van der Waals surface area contributed by atoms with Gasteiger partial charge in [-0.2, -0.15) is 0 Å². The summed E-state index contributed by atoms with van der Waals surface area (Å²) in [5.41, 5.74) is 3.64. The van der Waals surface area contributed by atoms with Crippen LogP contribution in [-0.4, -0.2) is 22.1 Å². The number of rotatable bonds is 5. The van der Waals surface area contributed by atoms with E-state index in [2.05, 4.69) is 34.3 Å². The Hall–Kier alpha value is -2.51. The standard InChI is InChI=1S/C22H21N3O2S2/c1-13-4-3-5-14(10-13)12-29-22-24-20-19(21(27)25-22)17(11-18(26)23-20)15-6-8-16(28-2)9-7-15/h3-10,17H,11-12H2,1-2H3,(H2,23,24,25,26,27). The van der Waals surface area contributed by atoms with Crippen molar-refractivity contribution in [2.75, 3.05) is 11.6 Å². The minimum atomic E-state index is -0.290. The van der Waals surface area contributed by atoms with Crippen LogP contribution in [0.1, 0.15) is 34.6 Å². The monoisotopic (exact) mass is 423 g/mol. The summed E-state index contributed by atoms with van der Waals surface area (Å²) >= 11 is 3.11. The fourth-order valence-electron chi connectivity index (χ4n) is 3.49. The maximum Gasteiger partial charge on any atom is 0.257 e. The molecule has 0 bridgehead atoms. The lowest BCUT2D eigenvalue weighted by molar-refractivity contribution is -0.116. The third-order valence-corrected chi connectivity index (χ3v) is 6.59. The minimum Gasteiger partial charge on any atom is -0.310 e. The molecular formula is C22H21N3O2S2. The smallest absolute Gasteiger partial charge is 0.257 e. The number of carbonyl (C=O) groups excluding carboxylic acids is 1. The molecule has 148 valence electrons. The van der Waals surface area contributed by atoms with Crippen molar-refractivity contribution in [3.63, 3.8) is 0 Å². The summed E-state index contributed by atoms with van der Waals surface area (Å²) in [5.74, 6) is 0.651. The van der Waals surface area contributed by atoms with Gasteiger partial charge in [-0.3, -0.25) is 9.59 Å². The molecule has 1 aliphatic rings. The Morgan fingerprint density at radius 1 is 1.14 bits per heavy atom. The number of anilines is 1. The first-order chi connectivity index (χ1) is 14.0. The molecule has 0 aliphatic carbocycles. The first-order valence-electron chi connectivity index (χ1n) is 9.30. The Kier molecular flexibility index (Phi) is 5.78. The lowest BCUT2D eigenvalue weighted by Crippen LogP contribution is -2.31. The van der Waals surface area contributed by atoms with Crippen LogP contribution in [-0.2, 0) is 10.5 Å². The van der Waals surface area contributed by atoms with Crippen LogP contribution < -0.4 is 10.9 Å². The van der Waals surface area contributed by atoms with Crippen LogP contribution in [0.4, 0.5) is 5.82 Å². The highest BCUT2D eigenvalue weighted by molar-refractivity contribution is 7.98. The summed E-state index contributed by atoms with van der Waals surface area (Å²) in [6.07, 6.45) is 2.26. The Morgan fingerprint density at radius 3 is 2.66 bits per heavy atom. The van der Waals surface area contributed by atoms with Crippen molar-refractivity contribution >= 4 is 35.2 Å². The van der Waals surface area contributed by atoms with E-state index in [1.54, 1.807) is 11.8 Å². The van der Waals surface area contributed by atoms with Crippen molar-refractivity contribution in [3.8, 4) is 0 Å². The number of aromatic amines is 1. The number of aromatic nitrogens is 2. The molecule has 2 heterocycles. The molecule has 3 aromatic rings. The summed E-state index contributed by atoms with van der Waals surface area (Å²) in [4.78, 5) is 33.8. The SMILES string of the molecule is CSc1ccc(C2CC(=O)Nc3nc(SCc4cccc(C)c4)[nH]c(=O)c32)cc1. The second-order valence-corrected chi connectivity index (χ2v) is 8.83. The normalized spacial score (nSPS) is 15.7. The van der Waals surface area contributed by atoms with Crippen LogP contribution in [0.3, 0.4) is 0 Å². The first-order valence-corrected chi connectivity index (χ1v) is 11.5. The third kappa shape index (κ3) is 4.41. The maximum absolute atomic E-state index is 12.9. The summed E-state index contributed by atoms with van der Waals surface area (Å²) in [6.45, 7) is 2.05. The van der Waals surface area contributed by atoms with Gasteiger partial charge in [0.25, 0.3) is 5.56 Å². The van der Waals surface area contributed by atoms with Gasteiger partial charge >= 0.3 is 0 Å². The molecule has 0 radical (unpaired) electrons. The van der Waals surface area contributed by atoms with Crippen LogP contribution in [0.15, 0.2) is 63.4 Å². The lowest BCUT2D eigenvalue weighted by Gasteiger charge is -2.24. The van der Waals surface area contributed by atoms with Gasteiger partial charge in [-0.1, -0.05) is 53.7 Å². The van der Waals surface area contributed by atoms with Crippen molar-refractivity contribution in [2.24, 2.45) is 0 Å². The van der Waals surface area contributed by atoms with E-state index < -0.39 is 0 Å². The molecule has 5 nitrogen and oxygen atoms in total. The number of carbonyl (C=O) groups is 1. The molecule has 2 aromatic carbocycles. The number of aryl methyl sites for hydroxylation is 1. The Bertz CT molecular complexity index is 1110. The molecule has 0 saturated heterocycles. The van der Waals surface area contributed by atoms with E-state index in [9.17, 15) is 9.59 Å². The van der Waals surface area contributed by atoms with Gasteiger partial charge in [0, 0.05) is 23.0 Å². The van der Waals surface area contributed by atoms with Crippen molar-refractivity contribution in [3.05, 3.63) is 81.1 Å². The van der Waals surface area contributed by atoms with Crippen LogP contribution in [0.2, 0.25) is 0 Å². The molecule has 2 N–H and O–H groups in total. The number of hydrogen-bond donors (Lipinski definition) is 2. The summed E-state index contributed by atoms with van der Waals surface area (Å²) in [5, 5.41) is 3.29. The number of amides is 1. The van der Waals surface area contributed by atoms with Crippen molar-refractivity contribution in [1.82, 2.24) is 9.97 Å². The molecule has 1 aliphatic heterocycles. The van der Waals surface area contributed by atoms with Crippen LogP contribution in [0.25, 0.3) is 0 Å². The van der Waals surface area contributed by atoms with Crippen molar-refractivity contribution < 1.29 is 4.79 Å². The van der Waals surface area contributed by atoms with Gasteiger partial charge in [0.1, 0.15) is 5.82 Å². The van der Waals surface area contributed by atoms with Gasteiger partial charge in [0.05, 0.1) is 5.56 Å². The number of benzene rings is 2. The van der Waals surface area contributed by atoms with Crippen LogP contribution in [0, 0.1) is 6.92 Å². The topological polar surface area (TPSA) is 74.8 Å². The number of nitrogens with zero attached hydrogens (tertiary/aromatic N) is 1. The highest BCUT2D eigenvalue weighted by atomic mass is 32.2. The van der Waals surface area contributed by atoms with Crippen molar-refractivity contribution in [1.29, 1.82) is 0 Å². The second-order valence-electron chi connectivity index (χ2n) is 6.99. The van der Waals surface area contributed by atoms with Gasteiger partial charge < -0.3 is 10.3 Å². The zero-order valence-corrected chi connectivity index (χ0v) is 17.8. The van der Waals surface area contributed by atoms with Gasteiger partial charge in [-0.15, -0.1) is 11.8 Å². The molecule has 1 atom stereocenters. The first kappa shape index (κ1) is 19.8. The number of thioether (sulfide) groups is 2. The molecule has 1 aromatic heterocycles. The molecular weight excluding hydrogens is 402 g/mol. The van der Waals surface area contributed by atoms with Crippen LogP contribution >= 0.6 is 23.5 Å².